The van der Waals surface area contributed by atoms with E-state index in [0.717, 1.165) is 12.8 Å². The first-order valence-corrected chi connectivity index (χ1v) is 8.55. The molecule has 0 spiro atoms. The minimum Gasteiger partial charge on any atom is -0.389 e. The summed E-state index contributed by atoms with van der Waals surface area (Å²) in [5, 5.41) is 12.1. The Kier molecular flexibility index (Phi) is 5.78. The Morgan fingerprint density at radius 2 is 1.94 bits per heavy atom. The molecule has 1 aromatic rings. The van der Waals surface area contributed by atoms with Gasteiger partial charge in [0.15, 0.2) is 0 Å². The Hall–Kier alpha value is -0.430. The molecule has 0 saturated carbocycles. The molecule has 0 aliphatic carbocycles. The number of rotatable bonds is 8. The molecule has 18 heavy (non-hydrogen) atoms. The molecule has 0 amide bonds. The highest BCUT2D eigenvalue weighted by molar-refractivity contribution is 7.91. The molecule has 0 aliphatic heterocycles. The van der Waals surface area contributed by atoms with Gasteiger partial charge in [0.05, 0.1) is 5.60 Å². The van der Waals surface area contributed by atoms with Crippen LogP contribution in [0, 0.1) is 0 Å². The summed E-state index contributed by atoms with van der Waals surface area (Å²) < 4.78 is 26.7. The molecule has 0 aromatic carbocycles. The second-order valence-corrected chi connectivity index (χ2v) is 7.42. The normalized spacial score (nSPS) is 12.8. The molecule has 0 bridgehead atoms. The Balaban J connectivity index is 2.68. The lowest BCUT2D eigenvalue weighted by Crippen LogP contribution is -2.42. The summed E-state index contributed by atoms with van der Waals surface area (Å²) >= 11 is 1.18. The maximum absolute atomic E-state index is 11.9. The zero-order chi connectivity index (χ0) is 13.6. The highest BCUT2D eigenvalue weighted by Gasteiger charge is 2.27. The fourth-order valence-electron chi connectivity index (χ4n) is 1.95. The van der Waals surface area contributed by atoms with Gasteiger partial charge in [0.25, 0.3) is 0 Å². The Labute approximate surface area is 113 Å². The summed E-state index contributed by atoms with van der Waals surface area (Å²) in [4.78, 5) is 0. The van der Waals surface area contributed by atoms with Gasteiger partial charge in [-0.2, -0.15) is 0 Å². The minimum absolute atomic E-state index is 0.0783. The molecule has 0 aliphatic rings. The van der Waals surface area contributed by atoms with Gasteiger partial charge in [-0.1, -0.05) is 32.8 Å². The summed E-state index contributed by atoms with van der Waals surface area (Å²) in [5.41, 5.74) is -0.937. The third kappa shape index (κ3) is 4.35. The summed E-state index contributed by atoms with van der Waals surface area (Å²) in [7, 11) is -3.48. The van der Waals surface area contributed by atoms with Crippen LogP contribution in [-0.2, 0) is 10.0 Å². The molecule has 1 aromatic heterocycles. The van der Waals surface area contributed by atoms with Gasteiger partial charge in [0, 0.05) is 6.54 Å². The van der Waals surface area contributed by atoms with Gasteiger partial charge in [-0.25, -0.2) is 13.1 Å². The third-order valence-electron chi connectivity index (χ3n) is 2.78. The smallest absolute Gasteiger partial charge is 0.250 e. The Morgan fingerprint density at radius 3 is 2.39 bits per heavy atom. The largest absolute Gasteiger partial charge is 0.389 e. The Morgan fingerprint density at radius 1 is 1.33 bits per heavy atom. The van der Waals surface area contributed by atoms with E-state index in [0.29, 0.717) is 12.8 Å². The number of thiophene rings is 1. The number of hydrogen-bond acceptors (Lipinski definition) is 4. The van der Waals surface area contributed by atoms with Crippen molar-refractivity contribution >= 4 is 21.4 Å². The molecule has 0 atom stereocenters. The standard InChI is InChI=1S/C12H21NO3S2/c1-3-7-12(14,8-4-2)10-13-18(15,16)11-6-5-9-17-11/h5-6,9,13-14H,3-4,7-8,10H2,1-2H3. The SMILES string of the molecule is CCCC(O)(CCC)CNS(=O)(=O)c1cccs1. The number of sulfonamides is 1. The van der Waals surface area contributed by atoms with E-state index in [2.05, 4.69) is 4.72 Å². The van der Waals surface area contributed by atoms with Crippen molar-refractivity contribution in [3.63, 3.8) is 0 Å². The third-order valence-corrected chi connectivity index (χ3v) is 5.58. The highest BCUT2D eigenvalue weighted by Crippen LogP contribution is 2.21. The number of hydrogen-bond donors (Lipinski definition) is 2. The molecule has 0 unspecified atom stereocenters. The van der Waals surface area contributed by atoms with Gasteiger partial charge in [0.2, 0.25) is 10.0 Å². The molecule has 0 fully saturated rings. The van der Waals surface area contributed by atoms with E-state index in [-0.39, 0.29) is 10.8 Å². The molecular weight excluding hydrogens is 270 g/mol. The zero-order valence-electron chi connectivity index (χ0n) is 10.8. The van der Waals surface area contributed by atoms with Crippen LogP contribution in [0.25, 0.3) is 0 Å². The van der Waals surface area contributed by atoms with Crippen LogP contribution < -0.4 is 4.72 Å². The lowest BCUT2D eigenvalue weighted by Gasteiger charge is -2.27. The summed E-state index contributed by atoms with van der Waals surface area (Å²) in [5.74, 6) is 0. The molecule has 1 heterocycles. The Bertz CT molecular complexity index is 434. The van der Waals surface area contributed by atoms with Crippen molar-refractivity contribution in [1.82, 2.24) is 4.72 Å². The molecule has 0 radical (unpaired) electrons. The van der Waals surface area contributed by atoms with Crippen LogP contribution in [-0.4, -0.2) is 25.7 Å². The van der Waals surface area contributed by atoms with E-state index in [1.165, 1.54) is 11.3 Å². The fraction of sp³-hybridized carbons (Fsp3) is 0.667. The van der Waals surface area contributed by atoms with Crippen molar-refractivity contribution in [2.75, 3.05) is 6.54 Å². The second-order valence-electron chi connectivity index (χ2n) is 4.48. The number of aliphatic hydroxyl groups is 1. The van der Waals surface area contributed by atoms with Crippen molar-refractivity contribution in [3.8, 4) is 0 Å². The monoisotopic (exact) mass is 291 g/mol. The van der Waals surface area contributed by atoms with Crippen LogP contribution in [0.4, 0.5) is 0 Å². The van der Waals surface area contributed by atoms with Crippen LogP contribution in [0.15, 0.2) is 21.7 Å². The highest BCUT2D eigenvalue weighted by atomic mass is 32.2. The summed E-state index contributed by atoms with van der Waals surface area (Å²) in [6.45, 7) is 4.04. The van der Waals surface area contributed by atoms with Crippen molar-refractivity contribution in [2.45, 2.75) is 49.3 Å². The van der Waals surface area contributed by atoms with Crippen LogP contribution >= 0.6 is 11.3 Å². The van der Waals surface area contributed by atoms with Gasteiger partial charge in [-0.3, -0.25) is 0 Å². The first-order valence-electron chi connectivity index (χ1n) is 6.19. The van der Waals surface area contributed by atoms with Crippen LogP contribution in [0.1, 0.15) is 39.5 Å². The van der Waals surface area contributed by atoms with E-state index in [4.69, 9.17) is 0 Å². The second kappa shape index (κ2) is 6.65. The van der Waals surface area contributed by atoms with Crippen molar-refractivity contribution in [2.24, 2.45) is 0 Å². The molecule has 2 N–H and O–H groups in total. The maximum atomic E-state index is 11.9. The molecule has 4 nitrogen and oxygen atoms in total. The van der Waals surface area contributed by atoms with Crippen LogP contribution in [0.2, 0.25) is 0 Å². The lowest BCUT2D eigenvalue weighted by molar-refractivity contribution is 0.0266. The van der Waals surface area contributed by atoms with E-state index in [9.17, 15) is 13.5 Å². The zero-order valence-corrected chi connectivity index (χ0v) is 12.5. The molecule has 104 valence electrons. The van der Waals surface area contributed by atoms with Crippen molar-refractivity contribution in [3.05, 3.63) is 17.5 Å². The molecule has 0 saturated heterocycles. The van der Waals surface area contributed by atoms with E-state index >= 15 is 0 Å². The fourth-order valence-corrected chi connectivity index (χ4v) is 4.11. The molecule has 1 rings (SSSR count). The lowest BCUT2D eigenvalue weighted by atomic mass is 9.93. The summed E-state index contributed by atoms with van der Waals surface area (Å²) in [6, 6.07) is 3.26. The van der Waals surface area contributed by atoms with Gasteiger partial charge >= 0.3 is 0 Å². The van der Waals surface area contributed by atoms with E-state index in [1.54, 1.807) is 17.5 Å². The maximum Gasteiger partial charge on any atom is 0.250 e. The van der Waals surface area contributed by atoms with Gasteiger partial charge in [-0.15, -0.1) is 11.3 Å². The molecule has 6 heteroatoms. The predicted molar refractivity (Wildman–Crippen MR) is 74.3 cm³/mol. The topological polar surface area (TPSA) is 66.4 Å². The van der Waals surface area contributed by atoms with Gasteiger partial charge in [-0.05, 0) is 24.3 Å². The first kappa shape index (κ1) is 15.6. The number of nitrogens with one attached hydrogen (secondary N) is 1. The van der Waals surface area contributed by atoms with E-state index in [1.807, 2.05) is 13.8 Å². The van der Waals surface area contributed by atoms with Crippen molar-refractivity contribution in [1.29, 1.82) is 0 Å². The predicted octanol–water partition coefficient (Wildman–Crippen LogP) is 2.36. The quantitative estimate of drug-likeness (QED) is 0.772. The summed E-state index contributed by atoms with van der Waals surface area (Å²) in [6.07, 6.45) is 2.87. The van der Waals surface area contributed by atoms with Crippen LogP contribution in [0.3, 0.4) is 0 Å². The first-order chi connectivity index (χ1) is 8.43. The average Bonchev–Trinajstić information content (AvgIpc) is 2.81. The van der Waals surface area contributed by atoms with E-state index < -0.39 is 15.6 Å². The van der Waals surface area contributed by atoms with Crippen LogP contribution in [0.5, 0.6) is 0 Å². The van der Waals surface area contributed by atoms with Gasteiger partial charge < -0.3 is 5.11 Å². The molecular formula is C12H21NO3S2. The minimum atomic E-state index is -3.48. The average molecular weight is 291 g/mol. The van der Waals surface area contributed by atoms with Crippen molar-refractivity contribution < 1.29 is 13.5 Å². The van der Waals surface area contributed by atoms with Gasteiger partial charge in [0.1, 0.15) is 4.21 Å².